The molecule has 1 rings (SSSR count). The fourth-order valence-corrected chi connectivity index (χ4v) is 4.74. The molecular formula is C16H26O6S2. The first-order valence-electron chi connectivity index (χ1n) is 7.93. The summed E-state index contributed by atoms with van der Waals surface area (Å²) < 4.78 is 62.5. The van der Waals surface area contributed by atoms with E-state index in [0.29, 0.717) is 18.8 Å². The van der Waals surface area contributed by atoms with E-state index in [1.54, 1.807) is 0 Å². The molecule has 0 aliphatic heterocycles. The summed E-state index contributed by atoms with van der Waals surface area (Å²) in [6, 6.07) is 4.88. The molecule has 0 saturated carbocycles. The average molecular weight is 379 g/mol. The van der Waals surface area contributed by atoms with Crippen LogP contribution in [0.4, 0.5) is 0 Å². The highest BCUT2D eigenvalue weighted by Gasteiger charge is 2.28. The fraction of sp³-hybridized carbons (Fsp3) is 0.625. The highest BCUT2D eigenvalue weighted by molar-refractivity contribution is 7.89. The summed E-state index contributed by atoms with van der Waals surface area (Å²) in [5.74, 6) is 0.630. The van der Waals surface area contributed by atoms with Gasteiger partial charge < -0.3 is 0 Å². The van der Waals surface area contributed by atoms with E-state index in [1.165, 1.54) is 12.1 Å². The van der Waals surface area contributed by atoms with Crippen molar-refractivity contribution in [2.45, 2.75) is 62.9 Å². The average Bonchev–Trinajstić information content (AvgIpc) is 2.43. The zero-order chi connectivity index (χ0) is 18.5. The summed E-state index contributed by atoms with van der Waals surface area (Å²) in [6.07, 6.45) is 1.36. The van der Waals surface area contributed by atoms with E-state index in [4.69, 9.17) is 4.18 Å². The molecule has 0 aliphatic rings. The van der Waals surface area contributed by atoms with E-state index in [-0.39, 0.29) is 5.92 Å². The predicted molar refractivity (Wildman–Crippen MR) is 91.8 cm³/mol. The SMILES string of the molecule is CC(C)CCC(CC(C)C)OS(=O)(=O)c1ccccc1S(=O)(=O)O. The van der Waals surface area contributed by atoms with E-state index in [2.05, 4.69) is 0 Å². The Labute approximate surface area is 145 Å². The van der Waals surface area contributed by atoms with Crippen LogP contribution in [0.2, 0.25) is 0 Å². The first-order valence-corrected chi connectivity index (χ1v) is 10.8. The predicted octanol–water partition coefficient (Wildman–Crippen LogP) is 3.49. The molecule has 1 N–H and O–H groups in total. The zero-order valence-electron chi connectivity index (χ0n) is 14.5. The van der Waals surface area contributed by atoms with Crippen LogP contribution in [0.3, 0.4) is 0 Å². The first kappa shape index (κ1) is 21.1. The quantitative estimate of drug-likeness (QED) is 0.522. The lowest BCUT2D eigenvalue weighted by molar-refractivity contribution is 0.164. The van der Waals surface area contributed by atoms with E-state index < -0.39 is 36.1 Å². The van der Waals surface area contributed by atoms with Crippen molar-refractivity contribution in [1.29, 1.82) is 0 Å². The molecule has 0 saturated heterocycles. The number of hydrogen-bond donors (Lipinski definition) is 1. The minimum Gasteiger partial charge on any atom is -0.282 e. The highest BCUT2D eigenvalue weighted by atomic mass is 32.2. The van der Waals surface area contributed by atoms with Crippen LogP contribution in [0.15, 0.2) is 34.1 Å². The molecule has 0 amide bonds. The van der Waals surface area contributed by atoms with Crippen molar-refractivity contribution < 1.29 is 25.6 Å². The van der Waals surface area contributed by atoms with Crippen molar-refractivity contribution in [2.75, 3.05) is 0 Å². The van der Waals surface area contributed by atoms with E-state index in [1.807, 2.05) is 27.7 Å². The van der Waals surface area contributed by atoms with Crippen molar-refractivity contribution in [2.24, 2.45) is 11.8 Å². The Bertz CT molecular complexity index is 736. The molecular weight excluding hydrogens is 352 g/mol. The molecule has 0 aromatic heterocycles. The second-order valence-corrected chi connectivity index (χ2v) is 9.63. The van der Waals surface area contributed by atoms with Gasteiger partial charge in [-0.2, -0.15) is 16.8 Å². The van der Waals surface area contributed by atoms with Crippen LogP contribution in [0, 0.1) is 11.8 Å². The third kappa shape index (κ3) is 6.51. The molecule has 0 bridgehead atoms. The summed E-state index contributed by atoms with van der Waals surface area (Å²) in [6.45, 7) is 8.00. The largest absolute Gasteiger partial charge is 0.298 e. The molecule has 1 unspecified atom stereocenters. The molecule has 1 aromatic rings. The van der Waals surface area contributed by atoms with Crippen molar-refractivity contribution in [3.8, 4) is 0 Å². The van der Waals surface area contributed by atoms with Gasteiger partial charge in [0.05, 0.1) is 6.10 Å². The molecule has 1 aromatic carbocycles. The maximum atomic E-state index is 12.5. The topological polar surface area (TPSA) is 97.7 Å². The van der Waals surface area contributed by atoms with Crippen LogP contribution in [0.1, 0.15) is 47.0 Å². The fourth-order valence-electron chi connectivity index (χ4n) is 2.35. The lowest BCUT2D eigenvalue weighted by Gasteiger charge is -2.20. The number of rotatable bonds is 9. The minimum atomic E-state index is -4.66. The minimum absolute atomic E-state index is 0.231. The second-order valence-electron chi connectivity index (χ2n) is 6.69. The van der Waals surface area contributed by atoms with Crippen molar-refractivity contribution in [1.82, 2.24) is 0 Å². The maximum Gasteiger partial charge on any atom is 0.298 e. The van der Waals surface area contributed by atoms with Gasteiger partial charge in [-0.15, -0.1) is 0 Å². The second kappa shape index (κ2) is 8.42. The van der Waals surface area contributed by atoms with E-state index >= 15 is 0 Å². The smallest absolute Gasteiger partial charge is 0.282 e. The molecule has 0 fully saturated rings. The standard InChI is InChI=1S/C16H26O6S2/c1-12(2)9-10-14(11-13(3)4)22-24(20,21)16-8-6-5-7-15(16)23(17,18)19/h5-8,12-14H,9-11H2,1-4H3,(H,17,18,19). The van der Waals surface area contributed by atoms with Gasteiger partial charge in [-0.1, -0.05) is 39.8 Å². The summed E-state index contributed by atoms with van der Waals surface area (Å²) >= 11 is 0. The molecule has 24 heavy (non-hydrogen) atoms. The van der Waals surface area contributed by atoms with Gasteiger partial charge in [-0.25, -0.2) is 0 Å². The Kier molecular flexibility index (Phi) is 7.40. The van der Waals surface area contributed by atoms with Crippen LogP contribution in [-0.4, -0.2) is 27.5 Å². The van der Waals surface area contributed by atoms with Crippen molar-refractivity contribution >= 4 is 20.2 Å². The van der Waals surface area contributed by atoms with Crippen LogP contribution < -0.4 is 0 Å². The Morgan fingerprint density at radius 1 is 0.917 bits per heavy atom. The molecule has 0 radical (unpaired) electrons. The zero-order valence-corrected chi connectivity index (χ0v) is 16.1. The summed E-state index contributed by atoms with van der Waals surface area (Å²) in [7, 11) is -8.97. The van der Waals surface area contributed by atoms with Crippen molar-refractivity contribution in [3.63, 3.8) is 0 Å². The Morgan fingerprint density at radius 3 is 1.92 bits per heavy atom. The number of hydrogen-bond acceptors (Lipinski definition) is 5. The normalized spacial score (nSPS) is 14.3. The Hall–Kier alpha value is -0.960. The van der Waals surface area contributed by atoms with Gasteiger partial charge in [0, 0.05) is 0 Å². The third-order valence-electron chi connectivity index (χ3n) is 3.46. The van der Waals surface area contributed by atoms with Crippen LogP contribution in [0.25, 0.3) is 0 Å². The van der Waals surface area contributed by atoms with Crippen LogP contribution in [-0.2, 0) is 24.4 Å². The first-order chi connectivity index (χ1) is 10.9. The number of benzene rings is 1. The molecule has 138 valence electrons. The maximum absolute atomic E-state index is 12.5. The summed E-state index contributed by atoms with van der Waals surface area (Å²) in [5.41, 5.74) is 0. The summed E-state index contributed by atoms with van der Waals surface area (Å²) in [5, 5.41) is 0. The monoisotopic (exact) mass is 378 g/mol. The Balaban J connectivity index is 3.14. The van der Waals surface area contributed by atoms with Gasteiger partial charge in [0.25, 0.3) is 20.2 Å². The molecule has 6 nitrogen and oxygen atoms in total. The molecule has 1 atom stereocenters. The van der Waals surface area contributed by atoms with Gasteiger partial charge in [-0.3, -0.25) is 8.74 Å². The van der Waals surface area contributed by atoms with Gasteiger partial charge in [0.1, 0.15) is 9.79 Å². The van der Waals surface area contributed by atoms with Gasteiger partial charge in [-0.05, 0) is 43.2 Å². The Morgan fingerprint density at radius 2 is 1.46 bits per heavy atom. The molecule has 0 spiro atoms. The molecule has 0 aliphatic carbocycles. The van der Waals surface area contributed by atoms with Crippen LogP contribution >= 0.6 is 0 Å². The third-order valence-corrected chi connectivity index (χ3v) is 5.92. The van der Waals surface area contributed by atoms with Gasteiger partial charge >= 0.3 is 0 Å². The van der Waals surface area contributed by atoms with E-state index in [0.717, 1.165) is 18.6 Å². The lowest BCUT2D eigenvalue weighted by Crippen LogP contribution is -2.22. The lowest BCUT2D eigenvalue weighted by atomic mass is 9.99. The van der Waals surface area contributed by atoms with Crippen molar-refractivity contribution in [3.05, 3.63) is 24.3 Å². The molecule has 8 heteroatoms. The van der Waals surface area contributed by atoms with Crippen LogP contribution in [0.5, 0.6) is 0 Å². The summed E-state index contributed by atoms with van der Waals surface area (Å²) in [4.78, 5) is -1.21. The highest BCUT2D eigenvalue weighted by Crippen LogP contribution is 2.26. The van der Waals surface area contributed by atoms with E-state index in [9.17, 15) is 21.4 Å². The van der Waals surface area contributed by atoms with Gasteiger partial charge in [0.2, 0.25) is 0 Å². The van der Waals surface area contributed by atoms with Gasteiger partial charge in [0.15, 0.2) is 0 Å². The molecule has 0 heterocycles.